The number of halogens is 1. The molecule has 0 unspecified atom stereocenters. The molecule has 0 aliphatic rings. The summed E-state index contributed by atoms with van der Waals surface area (Å²) in [5.41, 5.74) is -0.119. The van der Waals surface area contributed by atoms with E-state index < -0.39 is 23.4 Å². The van der Waals surface area contributed by atoms with Crippen molar-refractivity contribution >= 4 is 11.9 Å². The lowest BCUT2D eigenvalue weighted by Gasteiger charge is -2.20. The minimum absolute atomic E-state index is 0.167. The highest BCUT2D eigenvalue weighted by molar-refractivity contribution is 5.95. The Morgan fingerprint density at radius 2 is 1.65 bits per heavy atom. The van der Waals surface area contributed by atoms with Crippen LogP contribution >= 0.6 is 0 Å². The minimum atomic E-state index is -0.773. The number of carbonyl (C=O) groups is 2. The quantitative estimate of drug-likeness (QED) is 0.763. The summed E-state index contributed by atoms with van der Waals surface area (Å²) in [6.07, 6.45) is 0. The second-order valence-electron chi connectivity index (χ2n) is 6.58. The molecule has 0 radical (unpaired) electrons. The van der Waals surface area contributed by atoms with E-state index in [4.69, 9.17) is 9.47 Å². The largest absolute Gasteiger partial charge is 0.496 e. The summed E-state index contributed by atoms with van der Waals surface area (Å²) in [7, 11) is 2.61. The van der Waals surface area contributed by atoms with E-state index in [-0.39, 0.29) is 16.7 Å². The summed E-state index contributed by atoms with van der Waals surface area (Å²) in [6, 6.07) is 9.03. The van der Waals surface area contributed by atoms with Crippen LogP contribution in [0, 0.1) is 5.82 Å². The number of benzene rings is 2. The maximum Gasteiger partial charge on any atom is 0.342 e. The Balaban J connectivity index is 2.54. The number of carbonyl (C=O) groups excluding carboxylic acids is 2. The van der Waals surface area contributed by atoms with Crippen LogP contribution in [0.2, 0.25) is 0 Å². The molecule has 138 valence electrons. The summed E-state index contributed by atoms with van der Waals surface area (Å²) >= 11 is 0. The van der Waals surface area contributed by atoms with Crippen LogP contribution in [0.5, 0.6) is 5.75 Å². The predicted molar refractivity (Wildman–Crippen MR) is 94.9 cm³/mol. The van der Waals surface area contributed by atoms with Gasteiger partial charge in [-0.1, -0.05) is 18.2 Å². The highest BCUT2D eigenvalue weighted by Crippen LogP contribution is 2.31. The molecular weight excluding hydrogens is 339 g/mol. The molecule has 0 fully saturated rings. The molecular formula is C20H21FO5. The Hall–Kier alpha value is -2.89. The molecule has 0 amide bonds. The smallest absolute Gasteiger partial charge is 0.342 e. The topological polar surface area (TPSA) is 61.8 Å². The lowest BCUT2D eigenvalue weighted by molar-refractivity contribution is 0.00663. The van der Waals surface area contributed by atoms with Crippen molar-refractivity contribution in [2.24, 2.45) is 0 Å². The number of hydrogen-bond acceptors (Lipinski definition) is 5. The third-order valence-electron chi connectivity index (χ3n) is 3.53. The summed E-state index contributed by atoms with van der Waals surface area (Å²) in [5, 5.41) is 0. The van der Waals surface area contributed by atoms with Crippen LogP contribution in [-0.4, -0.2) is 31.8 Å². The average molecular weight is 360 g/mol. The van der Waals surface area contributed by atoms with Gasteiger partial charge in [-0.05, 0) is 44.5 Å². The molecule has 5 nitrogen and oxygen atoms in total. The van der Waals surface area contributed by atoms with Gasteiger partial charge in [-0.2, -0.15) is 0 Å². The van der Waals surface area contributed by atoms with E-state index in [9.17, 15) is 14.0 Å². The third-order valence-corrected chi connectivity index (χ3v) is 3.53. The van der Waals surface area contributed by atoms with Crippen LogP contribution < -0.4 is 4.74 Å². The van der Waals surface area contributed by atoms with E-state index in [1.165, 1.54) is 32.4 Å². The van der Waals surface area contributed by atoms with E-state index in [0.29, 0.717) is 11.3 Å². The summed E-state index contributed by atoms with van der Waals surface area (Å²) < 4.78 is 29.9. The zero-order valence-electron chi connectivity index (χ0n) is 15.4. The normalized spacial score (nSPS) is 11.0. The maximum absolute atomic E-state index is 14.7. The second-order valence-corrected chi connectivity index (χ2v) is 6.58. The van der Waals surface area contributed by atoms with Crippen molar-refractivity contribution in [1.82, 2.24) is 0 Å². The molecule has 26 heavy (non-hydrogen) atoms. The Kier molecular flexibility index (Phi) is 5.65. The molecule has 0 aliphatic heterocycles. The molecule has 6 heteroatoms. The number of rotatable bonds is 4. The molecule has 0 saturated carbocycles. The van der Waals surface area contributed by atoms with Crippen molar-refractivity contribution in [3.8, 4) is 16.9 Å². The molecule has 0 N–H and O–H groups in total. The van der Waals surface area contributed by atoms with Crippen molar-refractivity contribution in [2.45, 2.75) is 26.4 Å². The number of esters is 2. The standard InChI is InChI=1S/C20H21FO5/c1-20(2,3)26-19(23)15-11-12(9-10-16(15)24-4)13-7-6-8-14(17(13)21)18(22)25-5/h6-11H,1-5H3. The fraction of sp³-hybridized carbons (Fsp3) is 0.300. The highest BCUT2D eigenvalue weighted by atomic mass is 19.1. The summed E-state index contributed by atoms with van der Waals surface area (Å²) in [4.78, 5) is 24.2. The monoisotopic (exact) mass is 360 g/mol. The predicted octanol–water partition coefficient (Wildman–Crippen LogP) is 4.24. The molecule has 2 rings (SSSR count). The van der Waals surface area contributed by atoms with Gasteiger partial charge in [0.2, 0.25) is 0 Å². The first-order valence-electron chi connectivity index (χ1n) is 7.96. The molecule has 0 heterocycles. The van der Waals surface area contributed by atoms with Crippen LogP contribution in [0.15, 0.2) is 36.4 Å². The fourth-order valence-corrected chi connectivity index (χ4v) is 2.39. The number of hydrogen-bond donors (Lipinski definition) is 0. The van der Waals surface area contributed by atoms with Gasteiger partial charge in [0, 0.05) is 5.56 Å². The number of ether oxygens (including phenoxy) is 3. The van der Waals surface area contributed by atoms with Gasteiger partial charge in [0.15, 0.2) is 0 Å². The lowest BCUT2D eigenvalue weighted by atomic mass is 9.99. The van der Waals surface area contributed by atoms with Gasteiger partial charge >= 0.3 is 11.9 Å². The van der Waals surface area contributed by atoms with Crippen molar-refractivity contribution in [3.05, 3.63) is 53.3 Å². The SMILES string of the molecule is COC(=O)c1cccc(-c2ccc(OC)c(C(=O)OC(C)(C)C)c2)c1F. The summed E-state index contributed by atoms with van der Waals surface area (Å²) in [5.74, 6) is -1.77. The van der Waals surface area contributed by atoms with E-state index in [0.717, 1.165) is 0 Å². The van der Waals surface area contributed by atoms with Crippen molar-refractivity contribution in [1.29, 1.82) is 0 Å². The number of methoxy groups -OCH3 is 2. The maximum atomic E-state index is 14.7. The zero-order valence-corrected chi connectivity index (χ0v) is 15.4. The average Bonchev–Trinajstić information content (AvgIpc) is 2.59. The lowest BCUT2D eigenvalue weighted by Crippen LogP contribution is -2.24. The van der Waals surface area contributed by atoms with Gasteiger partial charge in [-0.3, -0.25) is 0 Å². The van der Waals surface area contributed by atoms with Crippen LogP contribution in [0.4, 0.5) is 4.39 Å². The highest BCUT2D eigenvalue weighted by Gasteiger charge is 2.23. The fourth-order valence-electron chi connectivity index (χ4n) is 2.39. The third kappa shape index (κ3) is 4.20. The summed E-state index contributed by atoms with van der Waals surface area (Å²) in [6.45, 7) is 5.25. The van der Waals surface area contributed by atoms with Gasteiger partial charge in [-0.25, -0.2) is 14.0 Å². The molecule has 0 saturated heterocycles. The molecule has 2 aromatic rings. The molecule has 0 aromatic heterocycles. The molecule has 0 atom stereocenters. The van der Waals surface area contributed by atoms with Crippen molar-refractivity contribution in [2.75, 3.05) is 14.2 Å². The van der Waals surface area contributed by atoms with E-state index in [1.807, 2.05) is 0 Å². The first-order valence-corrected chi connectivity index (χ1v) is 7.96. The van der Waals surface area contributed by atoms with Crippen LogP contribution in [-0.2, 0) is 9.47 Å². The van der Waals surface area contributed by atoms with Crippen LogP contribution in [0.25, 0.3) is 11.1 Å². The Labute approximate surface area is 151 Å². The zero-order chi connectivity index (χ0) is 19.5. The first-order chi connectivity index (χ1) is 12.2. The molecule has 2 aromatic carbocycles. The van der Waals surface area contributed by atoms with Gasteiger partial charge in [0.1, 0.15) is 22.7 Å². The first kappa shape index (κ1) is 19.4. The van der Waals surface area contributed by atoms with Crippen molar-refractivity contribution in [3.63, 3.8) is 0 Å². The van der Waals surface area contributed by atoms with Gasteiger partial charge < -0.3 is 14.2 Å². The Bertz CT molecular complexity index is 837. The Morgan fingerprint density at radius 3 is 2.23 bits per heavy atom. The Morgan fingerprint density at radius 1 is 0.962 bits per heavy atom. The minimum Gasteiger partial charge on any atom is -0.496 e. The van der Waals surface area contributed by atoms with Crippen molar-refractivity contribution < 1.29 is 28.2 Å². The van der Waals surface area contributed by atoms with Gasteiger partial charge in [0.05, 0.1) is 19.8 Å². The van der Waals surface area contributed by atoms with Crippen LogP contribution in [0.3, 0.4) is 0 Å². The molecule has 0 bridgehead atoms. The van der Waals surface area contributed by atoms with Gasteiger partial charge in [0.25, 0.3) is 0 Å². The molecule has 0 aliphatic carbocycles. The van der Waals surface area contributed by atoms with Crippen LogP contribution in [0.1, 0.15) is 41.5 Å². The van der Waals surface area contributed by atoms with E-state index >= 15 is 0 Å². The van der Waals surface area contributed by atoms with Gasteiger partial charge in [-0.15, -0.1) is 0 Å². The second kappa shape index (κ2) is 7.56. The van der Waals surface area contributed by atoms with E-state index in [2.05, 4.69) is 4.74 Å². The molecule has 0 spiro atoms. The van der Waals surface area contributed by atoms with E-state index in [1.54, 1.807) is 39.0 Å².